The number of anilines is 1. The summed E-state index contributed by atoms with van der Waals surface area (Å²) in [4.78, 5) is 19.7. The van der Waals surface area contributed by atoms with Crippen LogP contribution in [-0.4, -0.2) is 54.6 Å². The first-order valence-corrected chi connectivity index (χ1v) is 12.7. The van der Waals surface area contributed by atoms with Crippen LogP contribution in [0.3, 0.4) is 0 Å². The van der Waals surface area contributed by atoms with Crippen LogP contribution >= 0.6 is 0 Å². The van der Waals surface area contributed by atoms with Gasteiger partial charge in [0.1, 0.15) is 11.9 Å². The van der Waals surface area contributed by atoms with Crippen LogP contribution in [0, 0.1) is 5.92 Å². The molecule has 0 radical (unpaired) electrons. The number of hydrogen-bond acceptors (Lipinski definition) is 6. The highest BCUT2D eigenvalue weighted by Crippen LogP contribution is 2.26. The second-order valence-electron chi connectivity index (χ2n) is 9.94. The lowest BCUT2D eigenvalue weighted by Crippen LogP contribution is -2.47. The van der Waals surface area contributed by atoms with Crippen LogP contribution in [0.15, 0.2) is 60.2 Å². The number of imidazole rings is 1. The van der Waals surface area contributed by atoms with E-state index in [1.54, 1.807) is 21.6 Å². The minimum Gasteiger partial charge on any atom is -0.370 e. The van der Waals surface area contributed by atoms with Crippen LogP contribution in [0.5, 0.6) is 0 Å². The van der Waals surface area contributed by atoms with Crippen LogP contribution in [0.2, 0.25) is 0 Å². The molecule has 2 fully saturated rings. The number of aromatic nitrogens is 6. The smallest absolute Gasteiger partial charge is 0.254 e. The number of piperidine rings is 1. The second-order valence-corrected chi connectivity index (χ2v) is 9.94. The van der Waals surface area contributed by atoms with E-state index in [0.29, 0.717) is 6.04 Å². The summed E-state index contributed by atoms with van der Waals surface area (Å²) in [6.07, 6.45) is 15.5. The number of nitrogens with one attached hydrogen (secondary N) is 1. The minimum absolute atomic E-state index is 0.0329. The van der Waals surface area contributed by atoms with E-state index in [4.69, 9.17) is 0 Å². The Morgan fingerprint density at radius 2 is 2.09 bits per heavy atom. The molecule has 5 heterocycles. The third kappa shape index (κ3) is 4.36. The van der Waals surface area contributed by atoms with Crippen LogP contribution in [0.1, 0.15) is 45.2 Å². The normalized spacial score (nSPS) is 19.7. The van der Waals surface area contributed by atoms with Crippen molar-refractivity contribution in [1.29, 1.82) is 0 Å². The summed E-state index contributed by atoms with van der Waals surface area (Å²) in [5.41, 5.74) is 3.64. The molecule has 0 spiro atoms. The molecule has 0 bridgehead atoms. The van der Waals surface area contributed by atoms with E-state index in [1.165, 1.54) is 25.7 Å². The fourth-order valence-corrected chi connectivity index (χ4v) is 5.27. The van der Waals surface area contributed by atoms with Gasteiger partial charge in [-0.3, -0.25) is 9.36 Å². The molecule has 9 nitrogen and oxygen atoms in total. The number of pyridine rings is 2. The maximum Gasteiger partial charge on any atom is 0.254 e. The zero-order valence-corrected chi connectivity index (χ0v) is 20.1. The van der Waals surface area contributed by atoms with E-state index in [1.807, 2.05) is 48.2 Å². The number of hydrogen-bond donors (Lipinski definition) is 1. The van der Waals surface area contributed by atoms with Gasteiger partial charge in [0.05, 0.1) is 24.2 Å². The van der Waals surface area contributed by atoms with Crippen molar-refractivity contribution in [2.75, 3.05) is 24.5 Å². The van der Waals surface area contributed by atoms with Crippen molar-refractivity contribution in [1.82, 2.24) is 34.3 Å². The van der Waals surface area contributed by atoms with Gasteiger partial charge < -0.3 is 14.6 Å². The van der Waals surface area contributed by atoms with Crippen molar-refractivity contribution in [2.24, 2.45) is 5.92 Å². The molecule has 35 heavy (non-hydrogen) atoms. The highest BCUT2D eigenvalue weighted by Gasteiger charge is 2.23. The van der Waals surface area contributed by atoms with E-state index in [0.717, 1.165) is 54.4 Å². The molecule has 0 aromatic carbocycles. The summed E-state index contributed by atoms with van der Waals surface area (Å²) < 4.78 is 5.39. The molecule has 4 aromatic rings. The zero-order valence-electron chi connectivity index (χ0n) is 20.1. The quantitative estimate of drug-likeness (QED) is 0.445. The molecule has 1 aliphatic carbocycles. The topological polar surface area (TPSA) is 85.3 Å². The Bertz CT molecular complexity index is 1370. The zero-order chi connectivity index (χ0) is 23.8. The number of fused-ring (bicyclic) bond motifs is 1. The van der Waals surface area contributed by atoms with Gasteiger partial charge in [-0.15, -0.1) is 5.10 Å². The van der Waals surface area contributed by atoms with Crippen LogP contribution in [-0.2, 0) is 0 Å². The summed E-state index contributed by atoms with van der Waals surface area (Å²) in [6, 6.07) is 8.28. The van der Waals surface area contributed by atoms with Gasteiger partial charge in [0.15, 0.2) is 0 Å². The first kappa shape index (κ1) is 22.0. The van der Waals surface area contributed by atoms with Gasteiger partial charge >= 0.3 is 0 Å². The third-order valence-corrected chi connectivity index (χ3v) is 7.66. The van der Waals surface area contributed by atoms with E-state index in [2.05, 4.69) is 31.6 Å². The highest BCUT2D eigenvalue weighted by molar-refractivity contribution is 5.76. The van der Waals surface area contributed by atoms with E-state index in [9.17, 15) is 4.79 Å². The summed E-state index contributed by atoms with van der Waals surface area (Å²) in [7, 11) is 0. The molecule has 1 N–H and O–H groups in total. The molecular weight excluding hydrogens is 440 g/mol. The molecular formula is C26H32N8O. The maximum atomic E-state index is 13.1. The van der Waals surface area contributed by atoms with Gasteiger partial charge in [0.25, 0.3) is 5.56 Å². The van der Waals surface area contributed by atoms with Crippen molar-refractivity contribution in [3.63, 3.8) is 0 Å². The summed E-state index contributed by atoms with van der Waals surface area (Å²) in [6.45, 7) is 5.04. The molecule has 1 unspecified atom stereocenters. The molecule has 2 aliphatic rings. The monoisotopic (exact) mass is 472 g/mol. The molecule has 4 aromatic heterocycles. The Morgan fingerprint density at radius 1 is 1.17 bits per heavy atom. The van der Waals surface area contributed by atoms with Gasteiger partial charge in [-0.05, 0) is 63.3 Å². The van der Waals surface area contributed by atoms with Gasteiger partial charge in [-0.1, -0.05) is 11.6 Å². The molecule has 6 rings (SSSR count). The molecule has 0 amide bonds. The fourth-order valence-electron chi connectivity index (χ4n) is 5.27. The average Bonchev–Trinajstić information content (AvgIpc) is 3.53. The molecule has 1 saturated heterocycles. The van der Waals surface area contributed by atoms with Crippen LogP contribution in [0.4, 0.5) is 5.69 Å². The second kappa shape index (κ2) is 9.30. The van der Waals surface area contributed by atoms with Crippen molar-refractivity contribution in [3.8, 4) is 11.3 Å². The average molecular weight is 473 g/mol. The van der Waals surface area contributed by atoms with Crippen LogP contribution in [0.25, 0.3) is 16.8 Å². The number of rotatable bonds is 7. The molecule has 1 aliphatic heterocycles. The summed E-state index contributed by atoms with van der Waals surface area (Å²) in [5.74, 6) is 0.862. The molecule has 1 saturated carbocycles. The van der Waals surface area contributed by atoms with Crippen molar-refractivity contribution in [3.05, 3.63) is 65.7 Å². The van der Waals surface area contributed by atoms with E-state index in [-0.39, 0.29) is 11.7 Å². The Balaban J connectivity index is 1.17. The highest BCUT2D eigenvalue weighted by atomic mass is 16.1. The SMILES string of the molecule is CC(n1cc(-c2cccn3cncc23)nn1)n1ccc(N2CCC[C@@H](NCC3CCC3)C2)cc1=O. The molecule has 9 heteroatoms. The van der Waals surface area contributed by atoms with Gasteiger partial charge in [-0.25, -0.2) is 9.67 Å². The Labute approximate surface area is 204 Å². The Morgan fingerprint density at radius 3 is 2.91 bits per heavy atom. The minimum atomic E-state index is -0.291. The van der Waals surface area contributed by atoms with Gasteiger partial charge in [-0.2, -0.15) is 0 Å². The standard InChI is InChI=1S/C26H32N8O/c1-19(34-17-24(29-30-34)23-8-4-11-32-18-27-15-25(23)32)33-12-9-22(13-26(33)35)31-10-3-7-21(16-31)28-14-20-5-2-6-20/h4,8-9,11-13,15,17-21,28H,2-3,5-7,10,14,16H2,1H3/t19?,21-/m1/s1. The maximum absolute atomic E-state index is 13.1. The van der Waals surface area contributed by atoms with Crippen molar-refractivity contribution in [2.45, 2.75) is 51.2 Å². The largest absolute Gasteiger partial charge is 0.370 e. The fraction of sp³-hybridized carbons (Fsp3) is 0.462. The molecule has 182 valence electrons. The Hall–Kier alpha value is -3.46. The third-order valence-electron chi connectivity index (χ3n) is 7.66. The molecule has 2 atom stereocenters. The lowest BCUT2D eigenvalue weighted by Gasteiger charge is -2.36. The van der Waals surface area contributed by atoms with Crippen molar-refractivity contribution < 1.29 is 0 Å². The first-order valence-electron chi connectivity index (χ1n) is 12.7. The van der Waals surface area contributed by atoms with Crippen LogP contribution < -0.4 is 15.8 Å². The summed E-state index contributed by atoms with van der Waals surface area (Å²) >= 11 is 0. The predicted octanol–water partition coefficient (Wildman–Crippen LogP) is 3.18. The lowest BCUT2D eigenvalue weighted by molar-refractivity contribution is 0.280. The lowest BCUT2D eigenvalue weighted by atomic mass is 9.85. The van der Waals surface area contributed by atoms with E-state index < -0.39 is 0 Å². The van der Waals surface area contributed by atoms with Gasteiger partial charge in [0, 0.05) is 48.8 Å². The predicted molar refractivity (Wildman–Crippen MR) is 136 cm³/mol. The Kier molecular flexibility index (Phi) is 5.85. The first-order chi connectivity index (χ1) is 17.2. The van der Waals surface area contributed by atoms with Gasteiger partial charge in [0.2, 0.25) is 0 Å². The van der Waals surface area contributed by atoms with E-state index >= 15 is 0 Å². The summed E-state index contributed by atoms with van der Waals surface area (Å²) in [5, 5.41) is 12.5. The number of nitrogens with zero attached hydrogens (tertiary/aromatic N) is 7. The van der Waals surface area contributed by atoms with Crippen molar-refractivity contribution >= 4 is 11.2 Å².